The number of nitrogens with zero attached hydrogens (tertiary/aromatic N) is 3. The van der Waals surface area contributed by atoms with Gasteiger partial charge in [0.1, 0.15) is 17.8 Å². The molecule has 4 aromatic rings. The van der Waals surface area contributed by atoms with Crippen LogP contribution in [-0.2, 0) is 43.6 Å². The molecule has 11 nitrogen and oxygen atoms in total. The first kappa shape index (κ1) is 32.7. The molecule has 2 N–H and O–H groups in total. The number of hydrogen-bond donors (Lipinski definition) is 2. The third kappa shape index (κ3) is 7.19. The number of nitrogens with one attached hydrogen (secondary N) is 1. The summed E-state index contributed by atoms with van der Waals surface area (Å²) in [4.78, 5) is 43.6. The van der Waals surface area contributed by atoms with Gasteiger partial charge in [-0.3, -0.25) is 9.59 Å². The van der Waals surface area contributed by atoms with E-state index in [1.54, 1.807) is 35.2 Å². The predicted molar refractivity (Wildman–Crippen MR) is 172 cm³/mol. The molecule has 3 amide bonds. The van der Waals surface area contributed by atoms with Gasteiger partial charge in [-0.25, -0.2) is 14.7 Å². The van der Waals surface area contributed by atoms with Crippen LogP contribution < -0.4 is 10.2 Å². The van der Waals surface area contributed by atoms with Gasteiger partial charge in [-0.15, -0.1) is 0 Å². The minimum Gasteiger partial charge on any atom is -0.445 e. The molecule has 0 radical (unpaired) electrons. The lowest BCUT2D eigenvalue weighted by molar-refractivity contribution is -0.276. The SMILES string of the molecule is C[C@H]1[C@@H](Cn2cnc(Cl)c2Cl)O[C@@H](c2ccc(N3C(=O)CC(NC(=O)OCc4ccccc4)C3=O)cc2)O[C@H]1c1ccc(CO)cc1. The van der Waals surface area contributed by atoms with Crippen LogP contribution in [0.25, 0.3) is 0 Å². The van der Waals surface area contributed by atoms with Crippen LogP contribution in [0, 0.1) is 5.92 Å². The third-order valence-electron chi connectivity index (χ3n) is 8.31. The number of anilines is 1. The van der Waals surface area contributed by atoms with Crippen molar-refractivity contribution in [2.45, 2.75) is 57.6 Å². The smallest absolute Gasteiger partial charge is 0.408 e. The van der Waals surface area contributed by atoms with E-state index in [2.05, 4.69) is 10.3 Å². The van der Waals surface area contributed by atoms with Crippen LogP contribution in [0.4, 0.5) is 10.5 Å². The zero-order valence-electron chi connectivity index (χ0n) is 25.3. The lowest BCUT2D eigenvalue weighted by Crippen LogP contribution is -2.42. The van der Waals surface area contributed by atoms with Crippen LogP contribution in [0.3, 0.4) is 0 Å². The fourth-order valence-corrected chi connectivity index (χ4v) is 6.01. The number of hydrogen-bond acceptors (Lipinski definition) is 8. The molecule has 0 bridgehead atoms. The molecule has 0 spiro atoms. The van der Waals surface area contributed by atoms with Gasteiger partial charge in [0.05, 0.1) is 43.8 Å². The highest BCUT2D eigenvalue weighted by Gasteiger charge is 2.42. The molecule has 6 rings (SSSR count). The lowest BCUT2D eigenvalue weighted by Gasteiger charge is -2.41. The second-order valence-electron chi connectivity index (χ2n) is 11.4. The maximum atomic E-state index is 13.2. The number of aliphatic hydroxyl groups is 1. The molecule has 5 atom stereocenters. The van der Waals surface area contributed by atoms with E-state index in [9.17, 15) is 19.5 Å². The monoisotopic (exact) mass is 678 g/mol. The van der Waals surface area contributed by atoms with Crippen molar-refractivity contribution in [2.75, 3.05) is 4.90 Å². The summed E-state index contributed by atoms with van der Waals surface area (Å²) in [5.41, 5.74) is 3.50. The molecular formula is C34H32Cl2N4O7. The summed E-state index contributed by atoms with van der Waals surface area (Å²) in [6, 6.07) is 22.4. The molecule has 1 aromatic heterocycles. The van der Waals surface area contributed by atoms with Crippen molar-refractivity contribution >= 4 is 46.8 Å². The van der Waals surface area contributed by atoms with E-state index >= 15 is 0 Å². The number of ether oxygens (including phenoxy) is 3. The maximum absolute atomic E-state index is 13.2. The highest BCUT2D eigenvalue weighted by atomic mass is 35.5. The lowest BCUT2D eigenvalue weighted by atomic mass is 9.90. The van der Waals surface area contributed by atoms with Gasteiger partial charge >= 0.3 is 6.09 Å². The van der Waals surface area contributed by atoms with Crippen molar-refractivity contribution in [3.63, 3.8) is 0 Å². The summed E-state index contributed by atoms with van der Waals surface area (Å²) in [5, 5.41) is 12.5. The number of benzene rings is 3. The molecule has 2 saturated heterocycles. The van der Waals surface area contributed by atoms with E-state index in [0.717, 1.165) is 21.6 Å². The second kappa shape index (κ2) is 14.2. The Morgan fingerprint density at radius 3 is 2.34 bits per heavy atom. The predicted octanol–water partition coefficient (Wildman–Crippen LogP) is 5.73. The van der Waals surface area contributed by atoms with E-state index in [4.69, 9.17) is 37.4 Å². The highest BCUT2D eigenvalue weighted by molar-refractivity contribution is 6.40. The summed E-state index contributed by atoms with van der Waals surface area (Å²) in [7, 11) is 0. The number of alkyl carbamates (subject to hydrolysis) is 1. The molecule has 0 aliphatic carbocycles. The maximum Gasteiger partial charge on any atom is 0.408 e. The Bertz CT molecular complexity index is 1730. The third-order valence-corrected chi connectivity index (χ3v) is 9.08. The topological polar surface area (TPSA) is 132 Å². The second-order valence-corrected chi connectivity index (χ2v) is 12.1. The molecule has 2 fully saturated rings. The van der Waals surface area contributed by atoms with Gasteiger partial charge < -0.3 is 29.2 Å². The molecule has 244 valence electrons. The van der Waals surface area contributed by atoms with E-state index in [1.807, 2.05) is 61.5 Å². The Morgan fingerprint density at radius 1 is 0.979 bits per heavy atom. The quantitative estimate of drug-likeness (QED) is 0.215. The zero-order chi connectivity index (χ0) is 33.1. The molecule has 2 aliphatic heterocycles. The molecule has 2 aliphatic rings. The van der Waals surface area contributed by atoms with E-state index in [0.29, 0.717) is 22.9 Å². The first-order chi connectivity index (χ1) is 22.7. The molecule has 13 heteroatoms. The number of imidazole rings is 1. The van der Waals surface area contributed by atoms with Gasteiger partial charge in [0, 0.05) is 11.5 Å². The van der Waals surface area contributed by atoms with Gasteiger partial charge in [-0.2, -0.15) is 0 Å². The summed E-state index contributed by atoms with van der Waals surface area (Å²) in [6.07, 6.45) is -0.961. The molecule has 47 heavy (non-hydrogen) atoms. The van der Waals surface area contributed by atoms with E-state index in [-0.39, 0.29) is 42.9 Å². The highest BCUT2D eigenvalue weighted by Crippen LogP contribution is 2.43. The Kier molecular flexibility index (Phi) is 9.90. The Labute approximate surface area is 281 Å². The zero-order valence-corrected chi connectivity index (χ0v) is 26.8. The van der Waals surface area contributed by atoms with Gasteiger partial charge in [0.25, 0.3) is 5.91 Å². The largest absolute Gasteiger partial charge is 0.445 e. The Balaban J connectivity index is 1.16. The number of carbonyl (C=O) groups is 3. The number of halogens is 2. The first-order valence-corrected chi connectivity index (χ1v) is 15.8. The number of aliphatic hydroxyl groups excluding tert-OH is 1. The standard InChI is InChI=1S/C34H32Cl2N4O7/c1-20-27(16-39-19-37-30(35)31(39)36)46-33(47-29(20)23-9-7-21(17-41)8-10-23)24-11-13-25(14-12-24)40-28(42)15-26(32(40)43)38-34(44)45-18-22-5-3-2-4-6-22/h2-14,19-20,26-27,29,33,41H,15-18H2,1H3,(H,38,44)/t20-,26?,27+,29+,33+/m0/s1. The average molecular weight is 680 g/mol. The summed E-state index contributed by atoms with van der Waals surface area (Å²) in [5.74, 6) is -1.12. The first-order valence-electron chi connectivity index (χ1n) is 15.0. The Morgan fingerprint density at radius 2 is 1.68 bits per heavy atom. The molecule has 3 heterocycles. The van der Waals surface area contributed by atoms with Gasteiger partial charge in [0.15, 0.2) is 11.4 Å². The van der Waals surface area contributed by atoms with Crippen molar-refractivity contribution in [3.8, 4) is 0 Å². The van der Waals surface area contributed by atoms with Crippen molar-refractivity contribution in [2.24, 2.45) is 5.92 Å². The minimum atomic E-state index is -1.04. The normalized spacial score (nSPS) is 22.8. The van der Waals surface area contributed by atoms with Gasteiger partial charge in [-0.05, 0) is 28.8 Å². The fourth-order valence-electron chi connectivity index (χ4n) is 5.70. The van der Waals surface area contributed by atoms with Crippen molar-refractivity contribution in [1.29, 1.82) is 0 Å². The van der Waals surface area contributed by atoms with Crippen LogP contribution in [0.2, 0.25) is 10.3 Å². The number of imide groups is 1. The van der Waals surface area contributed by atoms with Gasteiger partial charge in [-0.1, -0.05) is 96.9 Å². The Hall–Kier alpha value is -4.26. The minimum absolute atomic E-state index is 0.0373. The van der Waals surface area contributed by atoms with Crippen molar-refractivity contribution in [3.05, 3.63) is 118 Å². The molecule has 1 unspecified atom stereocenters. The van der Waals surface area contributed by atoms with Crippen molar-refractivity contribution < 1.29 is 33.7 Å². The number of amides is 3. The fraction of sp³-hybridized carbons (Fsp3) is 0.294. The van der Waals surface area contributed by atoms with Crippen LogP contribution in [-0.4, -0.2) is 44.7 Å². The van der Waals surface area contributed by atoms with E-state index < -0.39 is 30.2 Å². The summed E-state index contributed by atoms with van der Waals surface area (Å²) in [6.45, 7) is 2.35. The number of rotatable bonds is 9. The molecule has 0 saturated carbocycles. The van der Waals surface area contributed by atoms with Crippen LogP contribution in [0.15, 0.2) is 85.2 Å². The number of carbonyl (C=O) groups excluding carboxylic acids is 3. The molecular weight excluding hydrogens is 647 g/mol. The molecule has 3 aromatic carbocycles. The summed E-state index contributed by atoms with van der Waals surface area (Å²) >= 11 is 12.5. The summed E-state index contributed by atoms with van der Waals surface area (Å²) < 4.78 is 19.9. The number of aromatic nitrogens is 2. The van der Waals surface area contributed by atoms with Crippen molar-refractivity contribution in [1.82, 2.24) is 14.9 Å². The van der Waals surface area contributed by atoms with Crippen LogP contribution in [0.5, 0.6) is 0 Å². The van der Waals surface area contributed by atoms with Gasteiger partial charge in [0.2, 0.25) is 5.91 Å². The average Bonchev–Trinajstić information content (AvgIpc) is 3.56. The van der Waals surface area contributed by atoms with E-state index in [1.165, 1.54) is 0 Å². The van der Waals surface area contributed by atoms with Crippen LogP contribution >= 0.6 is 23.2 Å². The van der Waals surface area contributed by atoms with Crippen LogP contribution in [0.1, 0.15) is 48.0 Å².